The second-order valence-electron chi connectivity index (χ2n) is 5.09. The highest BCUT2D eigenvalue weighted by atomic mass is 32.1. The lowest BCUT2D eigenvalue weighted by Gasteiger charge is -2.08. The summed E-state index contributed by atoms with van der Waals surface area (Å²) < 4.78 is 5.53. The van der Waals surface area contributed by atoms with Gasteiger partial charge in [0.1, 0.15) is 0 Å². The Hall–Kier alpha value is 0.660. The maximum atomic E-state index is 5.53. The summed E-state index contributed by atoms with van der Waals surface area (Å²) in [7, 11) is 0. The molecule has 1 unspecified atom stereocenters. The molecule has 0 amide bonds. The van der Waals surface area contributed by atoms with Crippen LogP contribution in [0.2, 0.25) is 0 Å². The van der Waals surface area contributed by atoms with Gasteiger partial charge in [-0.1, -0.05) is 64.7 Å². The van der Waals surface area contributed by atoms with Crippen LogP contribution < -0.4 is 0 Å². The zero-order chi connectivity index (χ0) is 13.5. The highest BCUT2D eigenvalue weighted by molar-refractivity contribution is 7.84. The molecule has 3 heteroatoms. The number of unbranched alkanes of at least 4 members (excludes halogenated alkanes) is 9. The Morgan fingerprint density at radius 1 is 0.833 bits per heavy atom. The van der Waals surface area contributed by atoms with Crippen molar-refractivity contribution in [2.24, 2.45) is 0 Å². The van der Waals surface area contributed by atoms with E-state index in [1.165, 1.54) is 64.2 Å². The number of rotatable bonds is 14. The fourth-order valence-electron chi connectivity index (χ4n) is 1.96. The minimum absolute atomic E-state index is 0.288. The van der Waals surface area contributed by atoms with Gasteiger partial charge in [0.2, 0.25) is 0 Å². The molecule has 0 aliphatic carbocycles. The van der Waals surface area contributed by atoms with Crippen molar-refractivity contribution >= 4 is 25.3 Å². The average molecular weight is 293 g/mol. The van der Waals surface area contributed by atoms with E-state index in [4.69, 9.17) is 4.74 Å². The SMILES string of the molecule is CCCCCCCCCCCCOCC(S)CS. The van der Waals surface area contributed by atoms with Crippen LogP contribution >= 0.6 is 25.3 Å². The zero-order valence-electron chi connectivity index (χ0n) is 12.1. The van der Waals surface area contributed by atoms with Gasteiger partial charge in [0.05, 0.1) is 6.61 Å². The van der Waals surface area contributed by atoms with Crippen LogP contribution in [-0.2, 0) is 4.74 Å². The Morgan fingerprint density at radius 3 is 1.83 bits per heavy atom. The van der Waals surface area contributed by atoms with Gasteiger partial charge < -0.3 is 4.74 Å². The molecule has 1 nitrogen and oxygen atoms in total. The summed E-state index contributed by atoms with van der Waals surface area (Å²) in [4.78, 5) is 0. The van der Waals surface area contributed by atoms with Crippen LogP contribution in [0.25, 0.3) is 0 Å². The Balaban J connectivity index is 2.94. The van der Waals surface area contributed by atoms with E-state index in [9.17, 15) is 0 Å². The number of hydrogen-bond donors (Lipinski definition) is 2. The van der Waals surface area contributed by atoms with E-state index in [0.717, 1.165) is 19.0 Å². The van der Waals surface area contributed by atoms with Gasteiger partial charge in [-0.3, -0.25) is 0 Å². The van der Waals surface area contributed by atoms with Gasteiger partial charge in [-0.25, -0.2) is 0 Å². The average Bonchev–Trinajstić information content (AvgIpc) is 2.39. The monoisotopic (exact) mass is 292 g/mol. The minimum atomic E-state index is 0.288. The van der Waals surface area contributed by atoms with Gasteiger partial charge in [-0.05, 0) is 6.42 Å². The molecule has 0 aromatic heterocycles. The topological polar surface area (TPSA) is 9.23 Å². The molecule has 0 aromatic carbocycles. The predicted molar refractivity (Wildman–Crippen MR) is 89.3 cm³/mol. The molecule has 0 bridgehead atoms. The molecule has 0 rings (SSSR count). The molecule has 0 fully saturated rings. The molecular formula is C15H32OS2. The normalized spacial score (nSPS) is 12.8. The lowest BCUT2D eigenvalue weighted by atomic mass is 10.1. The van der Waals surface area contributed by atoms with Crippen molar-refractivity contribution in [2.75, 3.05) is 19.0 Å². The molecule has 18 heavy (non-hydrogen) atoms. The third-order valence-corrected chi connectivity index (χ3v) is 4.22. The molecule has 0 N–H and O–H groups in total. The molecular weight excluding hydrogens is 260 g/mol. The van der Waals surface area contributed by atoms with Gasteiger partial charge in [-0.2, -0.15) is 25.3 Å². The van der Waals surface area contributed by atoms with E-state index in [1.54, 1.807) is 0 Å². The van der Waals surface area contributed by atoms with E-state index < -0.39 is 0 Å². The van der Waals surface area contributed by atoms with Crippen molar-refractivity contribution < 1.29 is 4.74 Å². The summed E-state index contributed by atoms with van der Waals surface area (Å²) in [6, 6.07) is 0. The van der Waals surface area contributed by atoms with E-state index >= 15 is 0 Å². The lowest BCUT2D eigenvalue weighted by Crippen LogP contribution is -2.11. The molecule has 0 aliphatic rings. The number of ether oxygens (including phenoxy) is 1. The van der Waals surface area contributed by atoms with Crippen LogP contribution in [0.4, 0.5) is 0 Å². The molecule has 0 aromatic rings. The van der Waals surface area contributed by atoms with E-state index in [1.807, 2.05) is 0 Å². The number of hydrogen-bond acceptors (Lipinski definition) is 3. The summed E-state index contributed by atoms with van der Waals surface area (Å²) in [6.45, 7) is 3.90. The third-order valence-electron chi connectivity index (χ3n) is 3.16. The van der Waals surface area contributed by atoms with Crippen molar-refractivity contribution in [2.45, 2.75) is 76.4 Å². The van der Waals surface area contributed by atoms with Gasteiger partial charge in [0, 0.05) is 17.6 Å². The summed E-state index contributed by atoms with van der Waals surface area (Å²) in [6.07, 6.45) is 13.8. The Morgan fingerprint density at radius 2 is 1.33 bits per heavy atom. The molecule has 0 saturated heterocycles. The Labute approximate surface area is 125 Å². The van der Waals surface area contributed by atoms with Crippen molar-refractivity contribution in [1.82, 2.24) is 0 Å². The Kier molecular flexibility index (Phi) is 16.3. The van der Waals surface area contributed by atoms with Gasteiger partial charge in [-0.15, -0.1) is 0 Å². The molecule has 0 spiro atoms. The van der Waals surface area contributed by atoms with Crippen LogP contribution in [0.15, 0.2) is 0 Å². The first-order valence-corrected chi connectivity index (χ1v) is 8.82. The first kappa shape index (κ1) is 18.7. The second kappa shape index (κ2) is 15.7. The highest BCUT2D eigenvalue weighted by Gasteiger charge is 1.99. The maximum absolute atomic E-state index is 5.53. The third kappa shape index (κ3) is 14.7. The van der Waals surface area contributed by atoms with E-state index in [2.05, 4.69) is 32.2 Å². The quantitative estimate of drug-likeness (QED) is 0.332. The van der Waals surface area contributed by atoms with E-state index in [0.29, 0.717) is 0 Å². The molecule has 0 radical (unpaired) electrons. The van der Waals surface area contributed by atoms with Gasteiger partial charge >= 0.3 is 0 Å². The van der Waals surface area contributed by atoms with Crippen LogP contribution in [0, 0.1) is 0 Å². The first-order valence-electron chi connectivity index (χ1n) is 7.68. The minimum Gasteiger partial charge on any atom is -0.380 e. The van der Waals surface area contributed by atoms with Crippen molar-refractivity contribution in [3.8, 4) is 0 Å². The highest BCUT2D eigenvalue weighted by Crippen LogP contribution is 2.10. The second-order valence-corrected chi connectivity index (χ2v) is 6.19. The predicted octanol–water partition coefficient (Wildman–Crippen LogP) is 5.15. The zero-order valence-corrected chi connectivity index (χ0v) is 13.9. The maximum Gasteiger partial charge on any atom is 0.0590 e. The van der Waals surface area contributed by atoms with Crippen LogP contribution in [-0.4, -0.2) is 24.2 Å². The van der Waals surface area contributed by atoms with Crippen molar-refractivity contribution in [1.29, 1.82) is 0 Å². The molecule has 0 heterocycles. The van der Waals surface area contributed by atoms with E-state index in [-0.39, 0.29) is 5.25 Å². The van der Waals surface area contributed by atoms with Gasteiger partial charge in [0.15, 0.2) is 0 Å². The van der Waals surface area contributed by atoms with Crippen molar-refractivity contribution in [3.05, 3.63) is 0 Å². The largest absolute Gasteiger partial charge is 0.380 e. The van der Waals surface area contributed by atoms with Gasteiger partial charge in [0.25, 0.3) is 0 Å². The fraction of sp³-hybridized carbons (Fsp3) is 1.00. The lowest BCUT2D eigenvalue weighted by molar-refractivity contribution is 0.134. The van der Waals surface area contributed by atoms with Crippen LogP contribution in [0.3, 0.4) is 0 Å². The van der Waals surface area contributed by atoms with Crippen LogP contribution in [0.5, 0.6) is 0 Å². The molecule has 0 aliphatic heterocycles. The summed E-state index contributed by atoms with van der Waals surface area (Å²) in [5, 5.41) is 0.288. The smallest absolute Gasteiger partial charge is 0.0590 e. The Bertz CT molecular complexity index is 153. The number of thiol groups is 2. The standard InChI is InChI=1S/C15H32OS2/c1-2-3-4-5-6-7-8-9-10-11-12-16-13-15(18)14-17/h15,17-18H,2-14H2,1H3. The molecule has 0 saturated carbocycles. The summed E-state index contributed by atoms with van der Waals surface area (Å²) in [5.74, 6) is 0.793. The fourth-order valence-corrected chi connectivity index (χ4v) is 2.17. The molecule has 110 valence electrons. The van der Waals surface area contributed by atoms with Crippen molar-refractivity contribution in [3.63, 3.8) is 0 Å². The summed E-state index contributed by atoms with van der Waals surface area (Å²) >= 11 is 8.51. The first-order chi connectivity index (χ1) is 8.81. The van der Waals surface area contributed by atoms with Crippen LogP contribution in [0.1, 0.15) is 71.1 Å². The summed E-state index contributed by atoms with van der Waals surface area (Å²) in [5.41, 5.74) is 0. The molecule has 1 atom stereocenters.